The minimum atomic E-state index is -6.72. The molecule has 0 aromatic rings. The molecule has 0 aliphatic heterocycles. The maximum absolute atomic E-state index is 11.4. The van der Waals surface area contributed by atoms with Crippen molar-refractivity contribution < 1.29 is 103 Å². The molecule has 0 aromatic heterocycles. The van der Waals surface area contributed by atoms with E-state index in [0.29, 0.717) is 0 Å². The number of hydrogen-bond acceptors (Lipinski definition) is 8. The van der Waals surface area contributed by atoms with Crippen molar-refractivity contribution >= 4 is 40.1 Å². The first-order valence-corrected chi connectivity index (χ1v) is 10.9. The van der Waals surface area contributed by atoms with Crippen molar-refractivity contribution in [1.82, 2.24) is 0 Å². The van der Waals surface area contributed by atoms with E-state index in [1.807, 2.05) is 0 Å². The van der Waals surface area contributed by atoms with Crippen LogP contribution in [0.1, 0.15) is 0 Å². The first kappa shape index (κ1) is 35.0. The first-order chi connectivity index (χ1) is 12.4. The van der Waals surface area contributed by atoms with Gasteiger partial charge in [0.05, 0.1) is 0 Å². The summed E-state index contributed by atoms with van der Waals surface area (Å²) in [7, 11) is -26.9. The fourth-order valence-corrected chi connectivity index (χ4v) is 3.85. The van der Waals surface area contributed by atoms with E-state index in [4.69, 9.17) is 0 Å². The predicted molar refractivity (Wildman–Crippen MR) is 66.6 cm³/mol. The van der Waals surface area contributed by atoms with Crippen LogP contribution in [0.5, 0.6) is 0 Å². The van der Waals surface area contributed by atoms with Crippen LogP contribution in [0.4, 0.5) is 52.7 Å². The van der Waals surface area contributed by atoms with Gasteiger partial charge in [-0.3, -0.25) is 0 Å². The molecule has 10 nitrogen and oxygen atoms in total. The van der Waals surface area contributed by atoms with E-state index < -0.39 is 62.1 Å². The molecule has 0 saturated carbocycles. The monoisotopic (exact) mass is 616 g/mol. The molecule has 27 heteroatoms. The fourth-order valence-electron chi connectivity index (χ4n) is 0.427. The summed E-state index contributed by atoms with van der Waals surface area (Å²) < 4.78 is 218. The maximum atomic E-state index is 11.4. The Hall–Kier alpha value is -0.601. The van der Waals surface area contributed by atoms with E-state index in [-0.39, 0.29) is 17.1 Å². The molecule has 0 spiro atoms. The standard InChI is InChI=1S/2C2F6NO4S2.Fe/c2*3-1(4,5)14(10,11)9-15(12,13)2(6,7)8;/q2*-1;+2. The molecular formula is C4F12FeN2O8S4. The molecule has 0 N–H and O–H groups in total. The SMILES string of the molecule is O=S(=O)([N-]S(=O)(=O)C(F)(F)F)C(F)(F)F.O=S(=O)([N-]S(=O)(=O)C(F)(F)F)C(F)(F)F.[Fe+2]. The molecule has 0 bridgehead atoms. The van der Waals surface area contributed by atoms with Gasteiger partial charge in [-0.1, -0.05) is 0 Å². The second-order valence-electron chi connectivity index (χ2n) is 3.83. The average molecular weight is 616 g/mol. The fraction of sp³-hybridized carbons (Fsp3) is 1.00. The molecular weight excluding hydrogens is 616 g/mol. The van der Waals surface area contributed by atoms with E-state index in [9.17, 15) is 86.4 Å². The van der Waals surface area contributed by atoms with Crippen molar-refractivity contribution in [3.63, 3.8) is 0 Å². The second kappa shape index (κ2) is 9.72. The molecule has 0 amide bonds. The Morgan fingerprint density at radius 2 is 0.452 bits per heavy atom. The minimum absolute atomic E-state index is 0. The molecule has 31 heavy (non-hydrogen) atoms. The molecule has 0 aliphatic carbocycles. The molecule has 0 saturated heterocycles. The molecule has 0 aliphatic rings. The van der Waals surface area contributed by atoms with Crippen molar-refractivity contribution in [2.24, 2.45) is 0 Å². The zero-order valence-electron chi connectivity index (χ0n) is 12.7. The summed E-state index contributed by atoms with van der Waals surface area (Å²) in [4.78, 5) is 0. The van der Waals surface area contributed by atoms with Gasteiger partial charge < -0.3 is 8.25 Å². The summed E-state index contributed by atoms with van der Waals surface area (Å²) in [5, 5.41) is 0. The molecule has 0 heterocycles. The third kappa shape index (κ3) is 9.82. The van der Waals surface area contributed by atoms with Crippen LogP contribution in [0.15, 0.2) is 0 Å². The Labute approximate surface area is 174 Å². The van der Waals surface area contributed by atoms with E-state index in [0.717, 1.165) is 8.25 Å². The smallest absolute Gasteiger partial charge is 0.421 e. The maximum Gasteiger partial charge on any atom is 2.00 e. The second-order valence-corrected chi connectivity index (χ2v) is 10.7. The van der Waals surface area contributed by atoms with Gasteiger partial charge in [-0.25, -0.2) is 33.7 Å². The Balaban J connectivity index is -0.000000490. The van der Waals surface area contributed by atoms with Crippen LogP contribution in [0.2, 0.25) is 0 Å². The van der Waals surface area contributed by atoms with E-state index in [1.54, 1.807) is 0 Å². The average Bonchev–Trinajstić information content (AvgIpc) is 2.30. The molecule has 0 atom stereocenters. The van der Waals surface area contributed by atoms with E-state index in [1.165, 1.54) is 0 Å². The number of sulfonamides is 4. The molecule has 0 rings (SSSR count). The van der Waals surface area contributed by atoms with Crippen molar-refractivity contribution in [3.8, 4) is 0 Å². The van der Waals surface area contributed by atoms with Gasteiger partial charge in [0.15, 0.2) is 40.1 Å². The summed E-state index contributed by atoms with van der Waals surface area (Å²) in [6, 6.07) is 0. The van der Waals surface area contributed by atoms with Crippen molar-refractivity contribution in [2.45, 2.75) is 22.0 Å². The molecule has 0 aromatic carbocycles. The van der Waals surface area contributed by atoms with Crippen LogP contribution < -0.4 is 0 Å². The van der Waals surface area contributed by atoms with Gasteiger partial charge in [0.2, 0.25) is 0 Å². The van der Waals surface area contributed by atoms with Crippen LogP contribution in [-0.2, 0) is 57.2 Å². The van der Waals surface area contributed by atoms with Gasteiger partial charge in [0, 0.05) is 0 Å². The van der Waals surface area contributed by atoms with Crippen molar-refractivity contribution in [1.29, 1.82) is 0 Å². The van der Waals surface area contributed by atoms with Crippen LogP contribution in [0.25, 0.3) is 8.25 Å². The van der Waals surface area contributed by atoms with Crippen LogP contribution in [0, 0.1) is 0 Å². The van der Waals surface area contributed by atoms with Gasteiger partial charge in [0.25, 0.3) is 0 Å². The summed E-state index contributed by atoms with van der Waals surface area (Å²) in [6.45, 7) is 0. The van der Waals surface area contributed by atoms with Gasteiger partial charge in [0.1, 0.15) is 0 Å². The Morgan fingerprint density at radius 1 is 0.355 bits per heavy atom. The molecule has 0 unspecified atom stereocenters. The predicted octanol–water partition coefficient (Wildman–Crippen LogP) is 2.12. The van der Waals surface area contributed by atoms with Gasteiger partial charge in [-0.2, -0.15) is 52.7 Å². The first-order valence-electron chi connectivity index (χ1n) is 5.15. The quantitative estimate of drug-likeness (QED) is 0.343. The Kier molecular flexibility index (Phi) is 11.0. The zero-order valence-corrected chi connectivity index (χ0v) is 17.1. The zero-order chi connectivity index (χ0) is 25.4. The Morgan fingerprint density at radius 3 is 0.516 bits per heavy atom. The normalized spacial score (nSPS) is 14.8. The largest absolute Gasteiger partial charge is 2.00 e. The number of rotatable bonds is 4. The third-order valence-electron chi connectivity index (χ3n) is 1.56. The van der Waals surface area contributed by atoms with Gasteiger partial charge in [-0.15, -0.1) is 0 Å². The molecule has 190 valence electrons. The third-order valence-corrected chi connectivity index (χ3v) is 7.04. The number of alkyl halides is 12. The summed E-state index contributed by atoms with van der Waals surface area (Å²) in [6.07, 6.45) is 0. The molecule has 0 fully saturated rings. The molecule has 0 radical (unpaired) electrons. The van der Waals surface area contributed by atoms with Crippen LogP contribution in [0.3, 0.4) is 0 Å². The van der Waals surface area contributed by atoms with Crippen LogP contribution in [-0.4, -0.2) is 55.7 Å². The number of hydrogen-bond donors (Lipinski definition) is 0. The van der Waals surface area contributed by atoms with Gasteiger partial charge >= 0.3 is 39.1 Å². The van der Waals surface area contributed by atoms with Crippen molar-refractivity contribution in [2.75, 3.05) is 0 Å². The van der Waals surface area contributed by atoms with Crippen LogP contribution >= 0.6 is 0 Å². The topological polar surface area (TPSA) is 165 Å². The number of nitrogens with zero attached hydrogens (tertiary/aromatic N) is 2. The summed E-state index contributed by atoms with van der Waals surface area (Å²) in [5.74, 6) is 0. The minimum Gasteiger partial charge on any atom is -0.421 e. The van der Waals surface area contributed by atoms with E-state index in [2.05, 4.69) is 0 Å². The van der Waals surface area contributed by atoms with Crippen molar-refractivity contribution in [3.05, 3.63) is 8.25 Å². The number of halogens is 12. The van der Waals surface area contributed by atoms with Gasteiger partial charge in [-0.05, 0) is 0 Å². The van der Waals surface area contributed by atoms with E-state index >= 15 is 0 Å². The summed E-state index contributed by atoms with van der Waals surface area (Å²) >= 11 is 0. The Bertz CT molecular complexity index is 862. The summed E-state index contributed by atoms with van der Waals surface area (Å²) in [5.41, 5.74) is -24.8.